The summed E-state index contributed by atoms with van der Waals surface area (Å²) >= 11 is 0. The van der Waals surface area contributed by atoms with Crippen molar-refractivity contribution in [3.63, 3.8) is 0 Å². The van der Waals surface area contributed by atoms with Crippen molar-refractivity contribution >= 4 is 6.29 Å². The zero-order chi connectivity index (χ0) is 14.4. The van der Waals surface area contributed by atoms with Gasteiger partial charge in [-0.3, -0.25) is 4.79 Å². The number of likely N-dealkylation sites (tertiary alicyclic amines) is 1. The van der Waals surface area contributed by atoms with E-state index >= 15 is 0 Å². The van der Waals surface area contributed by atoms with Crippen LogP contribution in [0.2, 0.25) is 0 Å². The number of nitrogens with one attached hydrogen (secondary N) is 1. The molecule has 0 aliphatic carbocycles. The minimum absolute atomic E-state index is 0.639. The summed E-state index contributed by atoms with van der Waals surface area (Å²) in [6.45, 7) is 9.14. The Bertz CT molecular complexity index is 423. The van der Waals surface area contributed by atoms with Gasteiger partial charge in [0.2, 0.25) is 0 Å². The largest absolute Gasteiger partial charge is 0.493 e. The fourth-order valence-electron chi connectivity index (χ4n) is 3.34. The second-order valence-corrected chi connectivity index (χ2v) is 6.21. The monoisotopic (exact) mass is 276 g/mol. The Hall–Kier alpha value is -1.35. The van der Waals surface area contributed by atoms with E-state index in [1.165, 1.54) is 19.5 Å². The predicted octanol–water partition coefficient (Wildman–Crippen LogP) is 1.83. The van der Waals surface area contributed by atoms with Crippen molar-refractivity contribution in [1.29, 1.82) is 0 Å². The number of ether oxygens (including phenoxy) is 1. The van der Waals surface area contributed by atoms with Gasteiger partial charge in [0, 0.05) is 18.3 Å². The highest BCUT2D eigenvalue weighted by molar-refractivity contribution is 5.79. The van der Waals surface area contributed by atoms with E-state index in [4.69, 9.17) is 4.74 Å². The van der Waals surface area contributed by atoms with Gasteiger partial charge in [0.25, 0.3) is 0 Å². The molecule has 0 spiro atoms. The maximum absolute atomic E-state index is 10.9. The van der Waals surface area contributed by atoms with Crippen LogP contribution in [0.3, 0.4) is 0 Å². The number of para-hydroxylation sites is 1. The van der Waals surface area contributed by atoms with Crippen LogP contribution < -0.4 is 9.64 Å². The van der Waals surface area contributed by atoms with Crippen molar-refractivity contribution in [3.05, 3.63) is 29.8 Å². The first-order chi connectivity index (χ1) is 9.69. The first-order valence-corrected chi connectivity index (χ1v) is 7.69. The lowest BCUT2D eigenvalue weighted by Gasteiger charge is -2.31. The molecule has 1 heterocycles. The summed E-state index contributed by atoms with van der Waals surface area (Å²) < 4.78 is 5.73. The first kappa shape index (κ1) is 15.0. The van der Waals surface area contributed by atoms with Gasteiger partial charge in [0.05, 0.1) is 31.8 Å². The van der Waals surface area contributed by atoms with Crippen LogP contribution in [0.4, 0.5) is 0 Å². The van der Waals surface area contributed by atoms with Gasteiger partial charge in [-0.05, 0) is 18.6 Å². The molecule has 0 saturated carbocycles. The van der Waals surface area contributed by atoms with E-state index in [9.17, 15) is 4.79 Å². The van der Waals surface area contributed by atoms with E-state index in [0.717, 1.165) is 31.1 Å². The van der Waals surface area contributed by atoms with Gasteiger partial charge >= 0.3 is 0 Å². The summed E-state index contributed by atoms with van der Waals surface area (Å²) in [5.74, 6) is 2.38. The van der Waals surface area contributed by atoms with Crippen LogP contribution in [0.5, 0.6) is 5.75 Å². The van der Waals surface area contributed by atoms with Crippen molar-refractivity contribution in [2.24, 2.45) is 11.8 Å². The number of rotatable bonds is 6. The van der Waals surface area contributed by atoms with Crippen LogP contribution in [0, 0.1) is 11.8 Å². The fourth-order valence-corrected chi connectivity index (χ4v) is 3.34. The number of hydrogen-bond donors (Lipinski definition) is 1. The Labute approximate surface area is 121 Å². The van der Waals surface area contributed by atoms with Gasteiger partial charge in [-0.2, -0.15) is 0 Å². The van der Waals surface area contributed by atoms with Gasteiger partial charge in [-0.1, -0.05) is 26.0 Å². The van der Waals surface area contributed by atoms with Gasteiger partial charge in [-0.25, -0.2) is 0 Å². The summed E-state index contributed by atoms with van der Waals surface area (Å²) in [5.41, 5.74) is 0.639. The number of benzene rings is 1. The van der Waals surface area contributed by atoms with Gasteiger partial charge < -0.3 is 9.64 Å². The van der Waals surface area contributed by atoms with Crippen LogP contribution in [0.25, 0.3) is 0 Å². The average Bonchev–Trinajstić information content (AvgIpc) is 2.43. The van der Waals surface area contributed by atoms with E-state index in [-0.39, 0.29) is 0 Å². The molecule has 0 radical (unpaired) electrons. The van der Waals surface area contributed by atoms with Crippen LogP contribution in [-0.4, -0.2) is 32.5 Å². The SMILES string of the molecule is C[C@@H]1C[C@H](C)C[NH+](CCCOc2ccccc2C=O)C1. The lowest BCUT2D eigenvalue weighted by atomic mass is 9.92. The summed E-state index contributed by atoms with van der Waals surface area (Å²) in [5, 5.41) is 0. The zero-order valence-corrected chi connectivity index (χ0v) is 12.6. The van der Waals surface area contributed by atoms with Gasteiger partial charge in [0.1, 0.15) is 5.75 Å². The van der Waals surface area contributed by atoms with E-state index in [1.54, 1.807) is 11.0 Å². The summed E-state index contributed by atoms with van der Waals surface area (Å²) in [4.78, 5) is 12.6. The number of carbonyl (C=O) groups excluding carboxylic acids is 1. The number of hydrogen-bond acceptors (Lipinski definition) is 2. The lowest BCUT2D eigenvalue weighted by Crippen LogP contribution is -3.14. The van der Waals surface area contributed by atoms with E-state index in [1.807, 2.05) is 18.2 Å². The molecule has 1 aromatic carbocycles. The molecule has 3 atom stereocenters. The van der Waals surface area contributed by atoms with Crippen LogP contribution in [-0.2, 0) is 0 Å². The molecule has 0 aromatic heterocycles. The molecule has 1 fully saturated rings. The van der Waals surface area contributed by atoms with Crippen molar-refractivity contribution in [3.8, 4) is 5.75 Å². The molecule has 0 amide bonds. The normalized spacial score (nSPS) is 26.2. The number of carbonyl (C=O) groups is 1. The minimum atomic E-state index is 0.639. The van der Waals surface area contributed by atoms with Gasteiger partial charge in [0.15, 0.2) is 6.29 Å². The molecule has 1 aliphatic rings. The molecule has 1 aliphatic heterocycles. The molecule has 20 heavy (non-hydrogen) atoms. The Morgan fingerprint density at radius 3 is 2.65 bits per heavy atom. The number of piperidine rings is 1. The maximum Gasteiger partial charge on any atom is 0.153 e. The first-order valence-electron chi connectivity index (χ1n) is 7.69. The lowest BCUT2D eigenvalue weighted by molar-refractivity contribution is -0.912. The fraction of sp³-hybridized carbons (Fsp3) is 0.588. The molecule has 110 valence electrons. The Morgan fingerprint density at radius 1 is 1.25 bits per heavy atom. The van der Waals surface area contributed by atoms with Crippen molar-refractivity contribution in [2.45, 2.75) is 26.7 Å². The quantitative estimate of drug-likeness (QED) is 0.635. The molecule has 3 heteroatoms. The predicted molar refractivity (Wildman–Crippen MR) is 80.5 cm³/mol. The standard InChI is InChI=1S/C17H25NO2/c1-14-10-15(2)12-18(11-14)8-5-9-20-17-7-4-3-6-16(17)13-19/h3-4,6-7,13-15H,5,8-12H2,1-2H3/p+1/t14-,15+. The number of aldehydes is 1. The van der Waals surface area contributed by atoms with Gasteiger partial charge in [-0.15, -0.1) is 0 Å². The molecule has 1 N–H and O–H groups in total. The second kappa shape index (κ2) is 7.44. The summed E-state index contributed by atoms with van der Waals surface area (Å²) in [6, 6.07) is 7.42. The van der Waals surface area contributed by atoms with Crippen LogP contribution in [0.1, 0.15) is 37.0 Å². The molecule has 0 bridgehead atoms. The Balaban J connectivity index is 1.72. The van der Waals surface area contributed by atoms with Crippen LogP contribution in [0.15, 0.2) is 24.3 Å². The smallest absolute Gasteiger partial charge is 0.153 e. The molecule has 3 nitrogen and oxygen atoms in total. The van der Waals surface area contributed by atoms with E-state index in [0.29, 0.717) is 17.9 Å². The molecular formula is C17H26NO2+. The van der Waals surface area contributed by atoms with Crippen LogP contribution >= 0.6 is 0 Å². The Morgan fingerprint density at radius 2 is 1.95 bits per heavy atom. The highest BCUT2D eigenvalue weighted by atomic mass is 16.5. The van der Waals surface area contributed by atoms with Crippen molar-refractivity contribution in [2.75, 3.05) is 26.2 Å². The van der Waals surface area contributed by atoms with Crippen molar-refractivity contribution < 1.29 is 14.4 Å². The second-order valence-electron chi connectivity index (χ2n) is 6.21. The minimum Gasteiger partial charge on any atom is -0.493 e. The third-order valence-electron chi connectivity index (χ3n) is 4.06. The highest BCUT2D eigenvalue weighted by Crippen LogP contribution is 2.15. The van der Waals surface area contributed by atoms with E-state index in [2.05, 4.69) is 13.8 Å². The van der Waals surface area contributed by atoms with Crippen molar-refractivity contribution in [1.82, 2.24) is 0 Å². The zero-order valence-electron chi connectivity index (χ0n) is 12.6. The Kier molecular flexibility index (Phi) is 5.60. The summed E-state index contributed by atoms with van der Waals surface area (Å²) in [7, 11) is 0. The molecule has 1 saturated heterocycles. The highest BCUT2D eigenvalue weighted by Gasteiger charge is 2.24. The topological polar surface area (TPSA) is 30.7 Å². The number of quaternary nitrogens is 1. The third-order valence-corrected chi connectivity index (χ3v) is 4.06. The molecule has 2 rings (SSSR count). The maximum atomic E-state index is 10.9. The molecule has 1 aromatic rings. The average molecular weight is 276 g/mol. The summed E-state index contributed by atoms with van der Waals surface area (Å²) in [6.07, 6.45) is 3.27. The van der Waals surface area contributed by atoms with E-state index < -0.39 is 0 Å². The third kappa shape index (κ3) is 4.34. The molecular weight excluding hydrogens is 250 g/mol. The molecule has 1 unspecified atom stereocenters.